The van der Waals surface area contributed by atoms with Crippen molar-refractivity contribution >= 4 is 5.78 Å². The van der Waals surface area contributed by atoms with Gasteiger partial charge in [-0.05, 0) is 46.4 Å². The molecule has 1 aliphatic heterocycles. The molecular weight excluding hydrogens is 256 g/mol. The zero-order chi connectivity index (χ0) is 14.1. The lowest BCUT2D eigenvalue weighted by molar-refractivity contribution is -0.119. The van der Waals surface area contributed by atoms with E-state index in [1.54, 1.807) is 0 Å². The van der Waals surface area contributed by atoms with Gasteiger partial charge in [0.25, 0.3) is 0 Å². The highest BCUT2D eigenvalue weighted by molar-refractivity contribution is 5.84. The highest BCUT2D eigenvalue weighted by Gasteiger charge is 2.31. The summed E-state index contributed by atoms with van der Waals surface area (Å²) in [5.41, 5.74) is 0. The van der Waals surface area contributed by atoms with Crippen molar-refractivity contribution in [3.63, 3.8) is 0 Å². The van der Waals surface area contributed by atoms with Gasteiger partial charge in [-0.2, -0.15) is 4.98 Å². The molecule has 0 amide bonds. The predicted octanol–water partition coefficient (Wildman–Crippen LogP) is 0.900. The first kappa shape index (κ1) is 13.7. The Balaban J connectivity index is 1.69. The smallest absolute Gasteiger partial charge is 0.234 e. The van der Waals surface area contributed by atoms with Crippen molar-refractivity contribution in [1.29, 1.82) is 0 Å². The van der Waals surface area contributed by atoms with E-state index in [0.29, 0.717) is 18.1 Å². The van der Waals surface area contributed by atoms with Gasteiger partial charge in [0, 0.05) is 12.5 Å². The molecule has 2 fully saturated rings. The fourth-order valence-corrected chi connectivity index (χ4v) is 2.72. The summed E-state index contributed by atoms with van der Waals surface area (Å²) in [6, 6.07) is 0.149. The Morgan fingerprint density at radius 2 is 2.15 bits per heavy atom. The molecule has 1 aromatic rings. The molecule has 6 heteroatoms. The quantitative estimate of drug-likeness (QED) is 0.815. The molecule has 1 atom stereocenters. The fraction of sp³-hybridized carbons (Fsp3) is 0.786. The molecule has 0 N–H and O–H groups in total. The van der Waals surface area contributed by atoms with Crippen molar-refractivity contribution in [1.82, 2.24) is 19.9 Å². The van der Waals surface area contributed by atoms with E-state index in [2.05, 4.69) is 34.0 Å². The molecule has 20 heavy (non-hydrogen) atoms. The molecule has 1 saturated carbocycles. The molecule has 2 aliphatic rings. The van der Waals surface area contributed by atoms with E-state index in [0.717, 1.165) is 38.9 Å². The van der Waals surface area contributed by atoms with Crippen LogP contribution in [0.5, 0.6) is 0 Å². The van der Waals surface area contributed by atoms with E-state index >= 15 is 0 Å². The minimum Gasteiger partial charge on any atom is -0.339 e. The third-order valence-corrected chi connectivity index (χ3v) is 4.21. The number of hydrogen-bond donors (Lipinski definition) is 0. The van der Waals surface area contributed by atoms with E-state index in [-0.39, 0.29) is 17.7 Å². The normalized spacial score (nSPS) is 25.6. The van der Waals surface area contributed by atoms with E-state index < -0.39 is 0 Å². The lowest BCUT2D eigenvalue weighted by Crippen LogP contribution is -2.31. The van der Waals surface area contributed by atoms with Crippen molar-refractivity contribution in [2.45, 2.75) is 31.7 Å². The number of carbonyl (C=O) groups excluding carboxylic acids is 1. The number of aromatic nitrogens is 2. The molecule has 0 spiro atoms. The maximum atomic E-state index is 11.8. The molecule has 110 valence electrons. The third kappa shape index (κ3) is 3.07. The Bertz CT molecular complexity index is 483. The Morgan fingerprint density at radius 3 is 2.90 bits per heavy atom. The second kappa shape index (κ2) is 5.61. The summed E-state index contributed by atoms with van der Waals surface area (Å²) in [6.45, 7) is 3.01. The van der Waals surface area contributed by atoms with E-state index in [9.17, 15) is 4.79 Å². The molecule has 1 unspecified atom stereocenters. The summed E-state index contributed by atoms with van der Waals surface area (Å²) in [5, 5.41) is 4.09. The maximum absolute atomic E-state index is 11.8. The minimum absolute atomic E-state index is 0.149. The van der Waals surface area contributed by atoms with Crippen LogP contribution in [0.4, 0.5) is 0 Å². The van der Waals surface area contributed by atoms with Crippen molar-refractivity contribution in [2.24, 2.45) is 5.92 Å². The highest BCUT2D eigenvalue weighted by atomic mass is 16.5. The summed E-state index contributed by atoms with van der Waals surface area (Å²) < 4.78 is 5.26. The monoisotopic (exact) mass is 278 g/mol. The molecule has 0 bridgehead atoms. The molecule has 1 aromatic heterocycles. The zero-order valence-corrected chi connectivity index (χ0v) is 12.2. The Morgan fingerprint density at radius 1 is 1.35 bits per heavy atom. The predicted molar refractivity (Wildman–Crippen MR) is 73.2 cm³/mol. The van der Waals surface area contributed by atoms with Gasteiger partial charge >= 0.3 is 0 Å². The van der Waals surface area contributed by atoms with Crippen molar-refractivity contribution in [2.75, 3.05) is 33.7 Å². The number of likely N-dealkylation sites (N-methyl/N-ethyl adjacent to an activating group) is 2. The Labute approximate surface area is 119 Å². The molecule has 1 saturated heterocycles. The molecule has 2 heterocycles. The molecule has 6 nitrogen and oxygen atoms in total. The van der Waals surface area contributed by atoms with Crippen LogP contribution in [0, 0.1) is 5.92 Å². The lowest BCUT2D eigenvalue weighted by Gasteiger charge is -2.24. The second-order valence-corrected chi connectivity index (χ2v) is 6.08. The standard InChI is InChI=1S/C14H22N4O2/c1-17-6-3-7-18(2)11(9-17)14-15-13(20-16-14)8-12(19)10-4-5-10/h10-11H,3-9H2,1-2H3. The van der Waals surface area contributed by atoms with E-state index in [4.69, 9.17) is 4.52 Å². The Kier molecular flexibility index (Phi) is 3.85. The first-order valence-electron chi connectivity index (χ1n) is 7.37. The van der Waals surface area contributed by atoms with Crippen LogP contribution in [0.2, 0.25) is 0 Å². The average molecular weight is 278 g/mol. The minimum atomic E-state index is 0.149. The van der Waals surface area contributed by atoms with Gasteiger partial charge in [0.2, 0.25) is 5.89 Å². The maximum Gasteiger partial charge on any atom is 0.234 e. The first-order valence-corrected chi connectivity index (χ1v) is 7.37. The van der Waals surface area contributed by atoms with Crippen LogP contribution in [-0.4, -0.2) is 59.5 Å². The van der Waals surface area contributed by atoms with Crippen LogP contribution in [-0.2, 0) is 11.2 Å². The summed E-state index contributed by atoms with van der Waals surface area (Å²) in [7, 11) is 4.21. The van der Waals surface area contributed by atoms with Gasteiger partial charge in [-0.1, -0.05) is 5.16 Å². The summed E-state index contributed by atoms with van der Waals surface area (Å²) in [4.78, 5) is 20.8. The van der Waals surface area contributed by atoms with Crippen molar-refractivity contribution in [3.05, 3.63) is 11.7 Å². The number of rotatable bonds is 4. The first-order chi connectivity index (χ1) is 9.63. The van der Waals surface area contributed by atoms with Gasteiger partial charge in [0.1, 0.15) is 5.78 Å². The molecular formula is C14H22N4O2. The third-order valence-electron chi connectivity index (χ3n) is 4.21. The molecule has 1 aliphatic carbocycles. The summed E-state index contributed by atoms with van der Waals surface area (Å²) >= 11 is 0. The topological polar surface area (TPSA) is 62.5 Å². The largest absolute Gasteiger partial charge is 0.339 e. The van der Waals surface area contributed by atoms with Gasteiger partial charge < -0.3 is 9.42 Å². The number of carbonyl (C=O) groups is 1. The molecule has 3 rings (SSSR count). The lowest BCUT2D eigenvalue weighted by atomic mass is 10.2. The highest BCUT2D eigenvalue weighted by Crippen LogP contribution is 2.31. The Hall–Kier alpha value is -1.27. The van der Waals surface area contributed by atoms with E-state index in [1.807, 2.05) is 0 Å². The van der Waals surface area contributed by atoms with Crippen molar-refractivity contribution < 1.29 is 9.32 Å². The number of nitrogens with zero attached hydrogens (tertiary/aromatic N) is 4. The summed E-state index contributed by atoms with van der Waals surface area (Å²) in [6.07, 6.45) is 3.49. The zero-order valence-electron chi connectivity index (χ0n) is 12.2. The number of Topliss-reactive ketones (excluding diaryl/α,β-unsaturated/α-hetero) is 1. The van der Waals surface area contributed by atoms with Crippen LogP contribution in [0.1, 0.15) is 37.0 Å². The van der Waals surface area contributed by atoms with Crippen LogP contribution >= 0.6 is 0 Å². The van der Waals surface area contributed by atoms with Crippen LogP contribution < -0.4 is 0 Å². The van der Waals surface area contributed by atoms with Gasteiger partial charge in [-0.3, -0.25) is 9.69 Å². The van der Waals surface area contributed by atoms with Gasteiger partial charge in [-0.25, -0.2) is 0 Å². The number of ketones is 1. The van der Waals surface area contributed by atoms with Gasteiger partial charge in [0.15, 0.2) is 5.82 Å². The fourth-order valence-electron chi connectivity index (χ4n) is 2.72. The van der Waals surface area contributed by atoms with Crippen molar-refractivity contribution in [3.8, 4) is 0 Å². The van der Waals surface area contributed by atoms with E-state index in [1.165, 1.54) is 0 Å². The van der Waals surface area contributed by atoms with Crippen LogP contribution in [0.15, 0.2) is 4.52 Å². The average Bonchev–Trinajstić information content (AvgIpc) is 3.18. The van der Waals surface area contributed by atoms with Gasteiger partial charge in [0.05, 0.1) is 12.5 Å². The summed E-state index contributed by atoms with van der Waals surface area (Å²) in [5.74, 6) is 1.67. The SMILES string of the molecule is CN1CCCN(C)C(c2noc(CC(=O)C3CC3)n2)C1. The van der Waals surface area contributed by atoms with Crippen LogP contribution in [0.25, 0.3) is 0 Å². The molecule has 0 aromatic carbocycles. The number of hydrogen-bond acceptors (Lipinski definition) is 6. The molecule has 0 radical (unpaired) electrons. The van der Waals surface area contributed by atoms with Crippen LogP contribution in [0.3, 0.4) is 0 Å². The second-order valence-electron chi connectivity index (χ2n) is 6.08. The van der Waals surface area contributed by atoms with Gasteiger partial charge in [-0.15, -0.1) is 0 Å².